The number of nitrogens with zero attached hydrogens (tertiary/aromatic N) is 3. The molecule has 8 heteroatoms. The summed E-state index contributed by atoms with van der Waals surface area (Å²) in [7, 11) is 1.77. The summed E-state index contributed by atoms with van der Waals surface area (Å²) in [6, 6.07) is 11.0. The largest absolute Gasteiger partial charge is 0.372 e. The van der Waals surface area contributed by atoms with Crippen molar-refractivity contribution in [3.8, 4) is 0 Å². The van der Waals surface area contributed by atoms with E-state index in [1.54, 1.807) is 18.4 Å². The van der Waals surface area contributed by atoms with E-state index in [1.807, 2.05) is 4.90 Å². The molecule has 0 aliphatic carbocycles. The molecule has 1 saturated heterocycles. The molecule has 1 unspecified atom stereocenters. The molecule has 32 heavy (non-hydrogen) atoms. The third kappa shape index (κ3) is 6.15. The van der Waals surface area contributed by atoms with E-state index < -0.39 is 0 Å². The molecule has 0 saturated carbocycles. The lowest BCUT2D eigenvalue weighted by Gasteiger charge is -2.27. The van der Waals surface area contributed by atoms with Crippen molar-refractivity contribution in [2.45, 2.75) is 45.2 Å². The zero-order valence-electron chi connectivity index (χ0n) is 19.0. The van der Waals surface area contributed by atoms with Crippen LogP contribution in [0.1, 0.15) is 48.2 Å². The van der Waals surface area contributed by atoms with Gasteiger partial charge < -0.3 is 20.4 Å². The molecule has 0 radical (unpaired) electrons. The number of halogens is 1. The Morgan fingerprint density at radius 2 is 2.03 bits per heavy atom. The molecule has 2 aliphatic heterocycles. The van der Waals surface area contributed by atoms with Crippen molar-refractivity contribution in [3.63, 3.8) is 0 Å². The fraction of sp³-hybridized carbons (Fsp3) is 0.500. The first-order valence-electron chi connectivity index (χ1n) is 11.3. The van der Waals surface area contributed by atoms with Crippen LogP contribution in [0, 0.1) is 0 Å². The first kappa shape index (κ1) is 24.8. The molecular formula is C24H34IN5OS. The van der Waals surface area contributed by atoms with Crippen LogP contribution in [-0.4, -0.2) is 50.0 Å². The number of nitrogens with one attached hydrogen (secondary N) is 2. The predicted molar refractivity (Wildman–Crippen MR) is 144 cm³/mol. The van der Waals surface area contributed by atoms with E-state index in [9.17, 15) is 4.79 Å². The lowest BCUT2D eigenvalue weighted by molar-refractivity contribution is -0.131. The van der Waals surface area contributed by atoms with Crippen LogP contribution in [0.4, 0.5) is 5.69 Å². The number of carbonyl (C=O) groups is 1. The zero-order chi connectivity index (χ0) is 21.6. The number of hydrogen-bond donors (Lipinski definition) is 2. The minimum atomic E-state index is 0. The number of guanidine groups is 1. The molecule has 1 atom stereocenters. The van der Waals surface area contributed by atoms with Gasteiger partial charge in [-0.05, 0) is 60.9 Å². The lowest BCUT2D eigenvalue weighted by Crippen LogP contribution is -2.41. The van der Waals surface area contributed by atoms with Gasteiger partial charge in [0.15, 0.2) is 5.96 Å². The molecule has 4 rings (SSSR count). The Morgan fingerprint density at radius 1 is 1.22 bits per heavy atom. The SMILES string of the molecule is CN=C(NCCC(=O)N1CCc2sccc2C1)NC(C)c1cccc(N2CCCC2)c1.I. The summed E-state index contributed by atoms with van der Waals surface area (Å²) >= 11 is 1.80. The van der Waals surface area contributed by atoms with E-state index in [2.05, 4.69) is 63.2 Å². The number of thiophene rings is 1. The van der Waals surface area contributed by atoms with Crippen LogP contribution in [0.15, 0.2) is 40.7 Å². The smallest absolute Gasteiger partial charge is 0.224 e. The zero-order valence-corrected chi connectivity index (χ0v) is 22.1. The van der Waals surface area contributed by atoms with Crippen molar-refractivity contribution in [1.82, 2.24) is 15.5 Å². The molecule has 1 amide bonds. The maximum absolute atomic E-state index is 12.6. The van der Waals surface area contributed by atoms with Crippen LogP contribution in [-0.2, 0) is 17.8 Å². The number of amides is 1. The molecule has 2 N–H and O–H groups in total. The third-order valence-corrected chi connectivity index (χ3v) is 7.23. The number of carbonyl (C=O) groups excluding carboxylic acids is 1. The molecule has 1 fully saturated rings. The minimum absolute atomic E-state index is 0. The van der Waals surface area contributed by atoms with Crippen LogP contribution >= 0.6 is 35.3 Å². The molecule has 2 aromatic rings. The van der Waals surface area contributed by atoms with Crippen LogP contribution in [0.25, 0.3) is 0 Å². The summed E-state index contributed by atoms with van der Waals surface area (Å²) < 4.78 is 0. The average molecular weight is 568 g/mol. The Hall–Kier alpha value is -1.81. The van der Waals surface area contributed by atoms with Crippen LogP contribution < -0.4 is 15.5 Å². The Balaban J connectivity index is 0.00000289. The highest BCUT2D eigenvalue weighted by Crippen LogP contribution is 2.25. The highest BCUT2D eigenvalue weighted by Gasteiger charge is 2.21. The summed E-state index contributed by atoms with van der Waals surface area (Å²) in [5, 5.41) is 8.89. The Morgan fingerprint density at radius 3 is 2.81 bits per heavy atom. The van der Waals surface area contributed by atoms with Crippen molar-refractivity contribution >= 4 is 52.9 Å². The quantitative estimate of drug-likeness (QED) is 0.313. The maximum Gasteiger partial charge on any atom is 0.224 e. The first-order valence-corrected chi connectivity index (χ1v) is 12.2. The highest BCUT2D eigenvalue weighted by molar-refractivity contribution is 14.0. The van der Waals surface area contributed by atoms with E-state index in [0.717, 1.165) is 38.6 Å². The number of aliphatic imine (C=N–C) groups is 1. The summed E-state index contributed by atoms with van der Waals surface area (Å²) in [4.78, 5) is 22.8. The fourth-order valence-corrected chi connectivity index (χ4v) is 5.25. The van der Waals surface area contributed by atoms with E-state index in [1.165, 1.54) is 34.5 Å². The van der Waals surface area contributed by atoms with Crippen molar-refractivity contribution in [3.05, 3.63) is 51.7 Å². The van der Waals surface area contributed by atoms with Crippen LogP contribution in [0.2, 0.25) is 0 Å². The molecule has 1 aromatic carbocycles. The molecule has 1 aromatic heterocycles. The average Bonchev–Trinajstić information content (AvgIpc) is 3.49. The standard InChI is InChI=1S/C24H33N5OS.HI/c1-18(19-6-5-7-21(16-19)28-12-3-4-13-28)27-24(25-2)26-11-8-23(30)29-14-9-22-20(17-29)10-15-31-22;/h5-7,10,15-16,18H,3-4,8-9,11-14,17H2,1-2H3,(H2,25,26,27);1H. The second-order valence-corrected chi connectivity index (χ2v) is 9.34. The topological polar surface area (TPSA) is 60.0 Å². The van der Waals surface area contributed by atoms with Gasteiger partial charge in [-0.3, -0.25) is 9.79 Å². The number of fused-ring (bicyclic) bond motifs is 1. The van der Waals surface area contributed by atoms with Gasteiger partial charge in [-0.1, -0.05) is 12.1 Å². The van der Waals surface area contributed by atoms with E-state index >= 15 is 0 Å². The molecule has 2 aliphatic rings. The van der Waals surface area contributed by atoms with Gasteiger partial charge in [-0.15, -0.1) is 35.3 Å². The van der Waals surface area contributed by atoms with Gasteiger partial charge in [-0.2, -0.15) is 0 Å². The molecule has 174 valence electrons. The van der Waals surface area contributed by atoms with Gasteiger partial charge in [-0.25, -0.2) is 0 Å². The molecule has 6 nitrogen and oxygen atoms in total. The van der Waals surface area contributed by atoms with Crippen LogP contribution in [0.3, 0.4) is 0 Å². The van der Waals surface area contributed by atoms with E-state index in [4.69, 9.17) is 0 Å². The normalized spacial score (nSPS) is 16.9. The maximum atomic E-state index is 12.6. The number of anilines is 1. The fourth-order valence-electron chi connectivity index (χ4n) is 4.36. The van der Waals surface area contributed by atoms with Crippen LogP contribution in [0.5, 0.6) is 0 Å². The molecule has 0 spiro atoms. The third-order valence-electron chi connectivity index (χ3n) is 6.21. The monoisotopic (exact) mass is 567 g/mol. The first-order chi connectivity index (χ1) is 15.1. The van der Waals surface area contributed by atoms with Gasteiger partial charge in [0.25, 0.3) is 0 Å². The predicted octanol–water partition coefficient (Wildman–Crippen LogP) is 4.17. The van der Waals surface area contributed by atoms with Gasteiger partial charge in [0.1, 0.15) is 0 Å². The summed E-state index contributed by atoms with van der Waals surface area (Å²) in [5.74, 6) is 0.928. The number of benzene rings is 1. The van der Waals surface area contributed by atoms with Gasteiger partial charge in [0.05, 0.1) is 6.04 Å². The van der Waals surface area contributed by atoms with Crippen molar-refractivity contribution < 1.29 is 4.79 Å². The van der Waals surface area contributed by atoms with Crippen molar-refractivity contribution in [2.24, 2.45) is 4.99 Å². The highest BCUT2D eigenvalue weighted by atomic mass is 127. The van der Waals surface area contributed by atoms with Gasteiger partial charge in [0, 0.05) is 56.8 Å². The second kappa shape index (κ2) is 11.9. The molecule has 3 heterocycles. The Kier molecular flexibility index (Phi) is 9.22. The Bertz CT molecular complexity index is 925. The van der Waals surface area contributed by atoms with Crippen molar-refractivity contribution in [1.29, 1.82) is 0 Å². The molecule has 0 bridgehead atoms. The second-order valence-electron chi connectivity index (χ2n) is 8.34. The summed E-state index contributed by atoms with van der Waals surface area (Å²) in [6.07, 6.45) is 4.00. The summed E-state index contributed by atoms with van der Waals surface area (Å²) in [5.41, 5.74) is 3.84. The number of rotatable bonds is 6. The minimum Gasteiger partial charge on any atom is -0.372 e. The van der Waals surface area contributed by atoms with Gasteiger partial charge in [0.2, 0.25) is 5.91 Å². The molecular weight excluding hydrogens is 533 g/mol. The van der Waals surface area contributed by atoms with Crippen molar-refractivity contribution in [2.75, 3.05) is 38.1 Å². The van der Waals surface area contributed by atoms with E-state index in [0.29, 0.717) is 13.0 Å². The Labute approximate surface area is 212 Å². The van der Waals surface area contributed by atoms with Gasteiger partial charge >= 0.3 is 0 Å². The number of hydrogen-bond acceptors (Lipinski definition) is 4. The summed E-state index contributed by atoms with van der Waals surface area (Å²) in [6.45, 7) is 6.58. The van der Waals surface area contributed by atoms with E-state index in [-0.39, 0.29) is 35.9 Å². The lowest BCUT2D eigenvalue weighted by atomic mass is 10.1.